The highest BCUT2D eigenvalue weighted by Crippen LogP contribution is 2.44. The van der Waals surface area contributed by atoms with Gasteiger partial charge in [0.1, 0.15) is 0 Å². The van der Waals surface area contributed by atoms with Gasteiger partial charge in [-0.3, -0.25) is 4.79 Å². The molecule has 3 heteroatoms. The standard InChI is InChI=1S/C11H20N2O/c1-2-9(12)11(14)13-10(7-3-4-7)8-5-6-8/h7-10H,2-6,12H2,1H3,(H,13,14). The van der Waals surface area contributed by atoms with Crippen LogP contribution >= 0.6 is 0 Å². The van der Waals surface area contributed by atoms with Crippen LogP contribution in [0.3, 0.4) is 0 Å². The van der Waals surface area contributed by atoms with Crippen molar-refractivity contribution in [2.24, 2.45) is 17.6 Å². The van der Waals surface area contributed by atoms with Crippen molar-refractivity contribution in [2.75, 3.05) is 0 Å². The first-order valence-electron chi connectivity index (χ1n) is 5.78. The molecule has 0 radical (unpaired) electrons. The Hall–Kier alpha value is -0.570. The molecule has 14 heavy (non-hydrogen) atoms. The van der Waals surface area contributed by atoms with Crippen molar-refractivity contribution in [1.29, 1.82) is 0 Å². The molecule has 1 atom stereocenters. The van der Waals surface area contributed by atoms with Crippen LogP contribution in [-0.2, 0) is 4.79 Å². The molecule has 0 bridgehead atoms. The highest BCUT2D eigenvalue weighted by Gasteiger charge is 2.42. The molecule has 3 N–H and O–H groups in total. The molecule has 2 aliphatic carbocycles. The van der Waals surface area contributed by atoms with E-state index < -0.39 is 0 Å². The van der Waals surface area contributed by atoms with Crippen molar-refractivity contribution in [3.63, 3.8) is 0 Å². The number of hydrogen-bond acceptors (Lipinski definition) is 2. The summed E-state index contributed by atoms with van der Waals surface area (Å²) >= 11 is 0. The Morgan fingerprint density at radius 3 is 2.21 bits per heavy atom. The van der Waals surface area contributed by atoms with Gasteiger partial charge in [0.15, 0.2) is 0 Å². The molecule has 2 rings (SSSR count). The van der Waals surface area contributed by atoms with Crippen LogP contribution in [0.4, 0.5) is 0 Å². The van der Waals surface area contributed by atoms with Crippen LogP contribution in [0.2, 0.25) is 0 Å². The van der Waals surface area contributed by atoms with Crippen molar-refractivity contribution in [1.82, 2.24) is 5.32 Å². The van der Waals surface area contributed by atoms with Crippen LogP contribution in [0.25, 0.3) is 0 Å². The van der Waals surface area contributed by atoms with E-state index in [1.807, 2.05) is 6.92 Å². The third-order valence-electron chi connectivity index (χ3n) is 3.35. The van der Waals surface area contributed by atoms with Crippen LogP contribution < -0.4 is 11.1 Å². The lowest BCUT2D eigenvalue weighted by molar-refractivity contribution is -0.123. The maximum absolute atomic E-state index is 11.6. The SMILES string of the molecule is CCC(N)C(=O)NC(C1CC1)C1CC1. The summed E-state index contributed by atoms with van der Waals surface area (Å²) in [6.45, 7) is 1.95. The molecular formula is C11H20N2O. The number of rotatable bonds is 5. The highest BCUT2D eigenvalue weighted by molar-refractivity contribution is 5.81. The minimum absolute atomic E-state index is 0.0521. The molecular weight excluding hydrogens is 176 g/mol. The summed E-state index contributed by atoms with van der Waals surface area (Å²) in [5.41, 5.74) is 5.69. The van der Waals surface area contributed by atoms with Crippen molar-refractivity contribution >= 4 is 5.91 Å². The maximum Gasteiger partial charge on any atom is 0.237 e. The summed E-state index contributed by atoms with van der Waals surface area (Å²) in [6.07, 6.45) is 5.91. The molecule has 0 aromatic carbocycles. The average molecular weight is 196 g/mol. The number of hydrogen-bond donors (Lipinski definition) is 2. The van der Waals surface area contributed by atoms with Gasteiger partial charge >= 0.3 is 0 Å². The van der Waals surface area contributed by atoms with E-state index in [9.17, 15) is 4.79 Å². The third kappa shape index (κ3) is 2.27. The second kappa shape index (κ2) is 3.89. The van der Waals surface area contributed by atoms with Gasteiger partial charge in [0.2, 0.25) is 5.91 Å². The van der Waals surface area contributed by atoms with Crippen molar-refractivity contribution < 1.29 is 4.79 Å². The first-order chi connectivity index (χ1) is 6.72. The van der Waals surface area contributed by atoms with Gasteiger partial charge in [-0.1, -0.05) is 6.92 Å². The summed E-state index contributed by atoms with van der Waals surface area (Å²) in [5.74, 6) is 1.57. The Bertz CT molecular complexity index is 209. The largest absolute Gasteiger partial charge is 0.351 e. The highest BCUT2D eigenvalue weighted by atomic mass is 16.2. The molecule has 3 nitrogen and oxygen atoms in total. The molecule has 0 spiro atoms. The minimum Gasteiger partial charge on any atom is -0.351 e. The summed E-state index contributed by atoms with van der Waals surface area (Å²) in [4.78, 5) is 11.6. The number of nitrogens with one attached hydrogen (secondary N) is 1. The van der Waals surface area contributed by atoms with E-state index in [0.717, 1.165) is 18.3 Å². The zero-order chi connectivity index (χ0) is 10.1. The van der Waals surface area contributed by atoms with Crippen molar-refractivity contribution in [3.8, 4) is 0 Å². The quantitative estimate of drug-likeness (QED) is 0.690. The maximum atomic E-state index is 11.6. The third-order valence-corrected chi connectivity index (χ3v) is 3.35. The monoisotopic (exact) mass is 196 g/mol. The van der Waals surface area contributed by atoms with E-state index in [0.29, 0.717) is 6.04 Å². The number of amides is 1. The Kier molecular flexibility index (Phi) is 2.77. The zero-order valence-electron chi connectivity index (χ0n) is 8.83. The topological polar surface area (TPSA) is 55.1 Å². The Balaban J connectivity index is 1.83. The van der Waals surface area contributed by atoms with Crippen LogP contribution in [-0.4, -0.2) is 18.0 Å². The molecule has 2 aliphatic rings. The molecule has 2 saturated carbocycles. The van der Waals surface area contributed by atoms with Gasteiger partial charge in [0.05, 0.1) is 6.04 Å². The lowest BCUT2D eigenvalue weighted by Crippen LogP contribution is -2.46. The molecule has 2 fully saturated rings. The van der Waals surface area contributed by atoms with Crippen LogP contribution in [0.15, 0.2) is 0 Å². The molecule has 80 valence electrons. The average Bonchev–Trinajstić information content (AvgIpc) is 3.04. The molecule has 0 heterocycles. The van der Waals surface area contributed by atoms with Crippen molar-refractivity contribution in [2.45, 2.75) is 51.1 Å². The van der Waals surface area contributed by atoms with Gasteiger partial charge in [-0.05, 0) is 43.9 Å². The fourth-order valence-corrected chi connectivity index (χ4v) is 1.99. The second-order valence-corrected chi connectivity index (χ2v) is 4.72. The minimum atomic E-state index is -0.310. The summed E-state index contributed by atoms with van der Waals surface area (Å²) in [7, 11) is 0. The molecule has 0 aliphatic heterocycles. The molecule has 0 aromatic rings. The van der Waals surface area contributed by atoms with E-state index in [1.54, 1.807) is 0 Å². The van der Waals surface area contributed by atoms with Gasteiger partial charge < -0.3 is 11.1 Å². The molecule has 0 aromatic heterocycles. The van der Waals surface area contributed by atoms with E-state index >= 15 is 0 Å². The second-order valence-electron chi connectivity index (χ2n) is 4.72. The van der Waals surface area contributed by atoms with E-state index in [1.165, 1.54) is 25.7 Å². The lowest BCUT2D eigenvalue weighted by Gasteiger charge is -2.19. The Morgan fingerprint density at radius 1 is 1.36 bits per heavy atom. The molecule has 1 unspecified atom stereocenters. The zero-order valence-corrected chi connectivity index (χ0v) is 8.83. The van der Waals surface area contributed by atoms with E-state index in [2.05, 4.69) is 5.32 Å². The first kappa shape index (κ1) is 9.97. The first-order valence-corrected chi connectivity index (χ1v) is 5.78. The molecule has 1 amide bonds. The van der Waals surface area contributed by atoms with Gasteiger partial charge in [-0.25, -0.2) is 0 Å². The number of nitrogens with two attached hydrogens (primary N) is 1. The summed E-state index contributed by atoms with van der Waals surface area (Å²) < 4.78 is 0. The van der Waals surface area contributed by atoms with E-state index in [4.69, 9.17) is 5.73 Å². The summed E-state index contributed by atoms with van der Waals surface area (Å²) in [5, 5.41) is 3.13. The van der Waals surface area contributed by atoms with Crippen molar-refractivity contribution in [3.05, 3.63) is 0 Å². The van der Waals surface area contributed by atoms with Crippen LogP contribution in [0.1, 0.15) is 39.0 Å². The van der Waals surface area contributed by atoms with Gasteiger partial charge in [0, 0.05) is 6.04 Å². The van der Waals surface area contributed by atoms with Gasteiger partial charge in [-0.2, -0.15) is 0 Å². The fourth-order valence-electron chi connectivity index (χ4n) is 1.99. The van der Waals surface area contributed by atoms with Gasteiger partial charge in [0.25, 0.3) is 0 Å². The summed E-state index contributed by atoms with van der Waals surface area (Å²) in [6, 6.07) is 0.134. The Morgan fingerprint density at radius 2 is 1.86 bits per heavy atom. The normalized spacial score (nSPS) is 23.6. The predicted octanol–water partition coefficient (Wildman–Crippen LogP) is 1.03. The number of carbonyl (C=O) groups excluding carboxylic acids is 1. The van der Waals surface area contributed by atoms with E-state index in [-0.39, 0.29) is 11.9 Å². The Labute approximate surface area is 85.4 Å². The van der Waals surface area contributed by atoms with Crippen LogP contribution in [0.5, 0.6) is 0 Å². The predicted molar refractivity (Wildman–Crippen MR) is 55.6 cm³/mol. The van der Waals surface area contributed by atoms with Crippen LogP contribution in [0, 0.1) is 11.8 Å². The lowest BCUT2D eigenvalue weighted by atomic mass is 10.1. The fraction of sp³-hybridized carbons (Fsp3) is 0.909. The molecule has 0 saturated heterocycles. The smallest absolute Gasteiger partial charge is 0.237 e. The van der Waals surface area contributed by atoms with Gasteiger partial charge in [-0.15, -0.1) is 0 Å². The number of carbonyl (C=O) groups is 1.